The summed E-state index contributed by atoms with van der Waals surface area (Å²) in [5.74, 6) is -0.0814. The van der Waals surface area contributed by atoms with Gasteiger partial charge < -0.3 is 5.32 Å². The number of carbonyl (C=O) groups is 1. The van der Waals surface area contributed by atoms with Gasteiger partial charge in [0.1, 0.15) is 11.5 Å². The molecule has 0 aliphatic heterocycles. The summed E-state index contributed by atoms with van der Waals surface area (Å²) in [5.41, 5.74) is 6.38. The predicted octanol–water partition coefficient (Wildman–Crippen LogP) is 5.23. The van der Waals surface area contributed by atoms with Crippen LogP contribution in [-0.4, -0.2) is 15.9 Å². The van der Waals surface area contributed by atoms with E-state index in [9.17, 15) is 9.18 Å². The first-order chi connectivity index (χ1) is 15.2. The quantitative estimate of drug-likeness (QED) is 0.502. The summed E-state index contributed by atoms with van der Waals surface area (Å²) in [6, 6.07) is 23.9. The molecule has 152 valence electrons. The first kappa shape index (κ1) is 19.1. The zero-order chi connectivity index (χ0) is 21.2. The van der Waals surface area contributed by atoms with E-state index in [0.29, 0.717) is 11.5 Å². The smallest absolute Gasteiger partial charge is 0.230 e. The molecule has 5 rings (SSSR count). The van der Waals surface area contributed by atoms with E-state index >= 15 is 0 Å². The van der Waals surface area contributed by atoms with E-state index in [1.54, 1.807) is 12.1 Å². The maximum absolute atomic E-state index is 13.2. The Hall–Kier alpha value is -3.86. The Morgan fingerprint density at radius 3 is 2.39 bits per heavy atom. The van der Waals surface area contributed by atoms with Crippen molar-refractivity contribution in [3.8, 4) is 22.5 Å². The minimum atomic E-state index is -0.323. The van der Waals surface area contributed by atoms with Crippen LogP contribution in [0.2, 0.25) is 0 Å². The van der Waals surface area contributed by atoms with Gasteiger partial charge in [-0.25, -0.2) is 14.4 Å². The van der Waals surface area contributed by atoms with Crippen molar-refractivity contribution in [1.29, 1.82) is 0 Å². The predicted molar refractivity (Wildman–Crippen MR) is 119 cm³/mol. The average Bonchev–Trinajstić information content (AvgIpc) is 2.80. The molecule has 4 nitrogen and oxygen atoms in total. The SMILES string of the molecule is O=C(Cc1ccc(F)cc1)Nc1nc2c(nc1-c1ccccc1)-c1ccccc1CC2. The minimum absolute atomic E-state index is 0.135. The largest absolute Gasteiger partial charge is 0.309 e. The molecule has 0 saturated heterocycles. The number of aryl methyl sites for hydroxylation is 2. The Labute approximate surface area is 179 Å². The zero-order valence-electron chi connectivity index (χ0n) is 16.8. The Kier molecular flexibility index (Phi) is 5.00. The van der Waals surface area contributed by atoms with E-state index in [1.807, 2.05) is 42.5 Å². The van der Waals surface area contributed by atoms with Crippen LogP contribution in [0.4, 0.5) is 10.2 Å². The summed E-state index contributed by atoms with van der Waals surface area (Å²) in [5, 5.41) is 2.94. The van der Waals surface area contributed by atoms with Gasteiger partial charge in [-0.15, -0.1) is 0 Å². The lowest BCUT2D eigenvalue weighted by molar-refractivity contribution is -0.115. The normalized spacial score (nSPS) is 12.0. The molecule has 1 heterocycles. The van der Waals surface area contributed by atoms with Crippen LogP contribution in [0.5, 0.6) is 0 Å². The van der Waals surface area contributed by atoms with Crippen molar-refractivity contribution in [2.45, 2.75) is 19.3 Å². The van der Waals surface area contributed by atoms with Crippen molar-refractivity contribution in [2.24, 2.45) is 0 Å². The maximum Gasteiger partial charge on any atom is 0.230 e. The van der Waals surface area contributed by atoms with Gasteiger partial charge in [0.2, 0.25) is 5.91 Å². The maximum atomic E-state index is 13.2. The standard InChI is InChI=1S/C26H20FN3O/c27-20-13-10-17(11-14-20)16-23(31)29-26-24(19-7-2-1-3-8-19)30-25-21-9-5-4-6-18(21)12-15-22(25)28-26/h1-11,13-14H,12,15-16H2,(H,28,29,31). The molecule has 1 aliphatic rings. The van der Waals surface area contributed by atoms with Gasteiger partial charge in [-0.05, 0) is 36.1 Å². The van der Waals surface area contributed by atoms with Crippen molar-refractivity contribution in [1.82, 2.24) is 9.97 Å². The van der Waals surface area contributed by atoms with Crippen LogP contribution in [0.3, 0.4) is 0 Å². The lowest BCUT2D eigenvalue weighted by Gasteiger charge is -2.21. The second-order valence-electron chi connectivity index (χ2n) is 7.59. The van der Waals surface area contributed by atoms with E-state index in [-0.39, 0.29) is 18.1 Å². The number of hydrogen-bond donors (Lipinski definition) is 1. The zero-order valence-corrected chi connectivity index (χ0v) is 16.8. The van der Waals surface area contributed by atoms with Gasteiger partial charge >= 0.3 is 0 Å². The fourth-order valence-electron chi connectivity index (χ4n) is 3.93. The van der Waals surface area contributed by atoms with Crippen LogP contribution in [0.15, 0.2) is 78.9 Å². The number of nitrogens with one attached hydrogen (secondary N) is 1. The van der Waals surface area contributed by atoms with E-state index < -0.39 is 0 Å². The summed E-state index contributed by atoms with van der Waals surface area (Å²) < 4.78 is 13.2. The van der Waals surface area contributed by atoms with Gasteiger partial charge in [0.05, 0.1) is 17.8 Å². The molecule has 0 saturated carbocycles. The molecule has 0 radical (unpaired) electrons. The summed E-state index contributed by atoms with van der Waals surface area (Å²) in [4.78, 5) is 22.5. The number of anilines is 1. The highest BCUT2D eigenvalue weighted by molar-refractivity contribution is 5.95. The van der Waals surface area contributed by atoms with Crippen molar-refractivity contribution in [2.75, 3.05) is 5.32 Å². The summed E-state index contributed by atoms with van der Waals surface area (Å²) >= 11 is 0. The van der Waals surface area contributed by atoms with Crippen LogP contribution in [0.25, 0.3) is 22.5 Å². The number of benzene rings is 3. The molecule has 5 heteroatoms. The molecule has 4 aromatic rings. The fourth-order valence-corrected chi connectivity index (χ4v) is 3.93. The van der Waals surface area contributed by atoms with E-state index in [2.05, 4.69) is 17.4 Å². The summed E-state index contributed by atoms with van der Waals surface area (Å²) in [7, 11) is 0. The third-order valence-electron chi connectivity index (χ3n) is 5.45. The average molecular weight is 409 g/mol. The molecule has 1 aliphatic carbocycles. The number of fused-ring (bicyclic) bond motifs is 3. The molecule has 0 unspecified atom stereocenters. The fraction of sp³-hybridized carbons (Fsp3) is 0.115. The number of rotatable bonds is 4. The van der Waals surface area contributed by atoms with Crippen LogP contribution >= 0.6 is 0 Å². The Balaban J connectivity index is 1.53. The highest BCUT2D eigenvalue weighted by atomic mass is 19.1. The molecular weight excluding hydrogens is 389 g/mol. The molecule has 3 aromatic carbocycles. The van der Waals surface area contributed by atoms with Gasteiger partial charge in [0.15, 0.2) is 5.82 Å². The third kappa shape index (κ3) is 3.94. The topological polar surface area (TPSA) is 54.9 Å². The van der Waals surface area contributed by atoms with Gasteiger partial charge in [-0.3, -0.25) is 4.79 Å². The molecule has 31 heavy (non-hydrogen) atoms. The van der Waals surface area contributed by atoms with Crippen molar-refractivity contribution < 1.29 is 9.18 Å². The van der Waals surface area contributed by atoms with Gasteiger partial charge in [-0.2, -0.15) is 0 Å². The lowest BCUT2D eigenvalue weighted by Crippen LogP contribution is -2.18. The Morgan fingerprint density at radius 2 is 1.58 bits per heavy atom. The van der Waals surface area contributed by atoms with Crippen LogP contribution in [-0.2, 0) is 24.1 Å². The molecule has 1 amide bonds. The first-order valence-electron chi connectivity index (χ1n) is 10.3. The lowest BCUT2D eigenvalue weighted by atomic mass is 9.91. The molecule has 0 spiro atoms. The molecule has 0 bridgehead atoms. The number of hydrogen-bond acceptors (Lipinski definition) is 3. The van der Waals surface area contributed by atoms with Crippen molar-refractivity contribution in [3.63, 3.8) is 0 Å². The first-order valence-corrected chi connectivity index (χ1v) is 10.3. The summed E-state index contributed by atoms with van der Waals surface area (Å²) in [6.07, 6.45) is 1.80. The second kappa shape index (κ2) is 8.11. The molecule has 0 fully saturated rings. The van der Waals surface area contributed by atoms with Crippen molar-refractivity contribution in [3.05, 3.63) is 102 Å². The Morgan fingerprint density at radius 1 is 0.839 bits per heavy atom. The number of nitrogens with zero attached hydrogens (tertiary/aromatic N) is 2. The van der Waals surface area contributed by atoms with Gasteiger partial charge in [-0.1, -0.05) is 66.7 Å². The monoisotopic (exact) mass is 409 g/mol. The number of aromatic nitrogens is 2. The van der Waals surface area contributed by atoms with Crippen molar-refractivity contribution >= 4 is 11.7 Å². The second-order valence-corrected chi connectivity index (χ2v) is 7.59. The van der Waals surface area contributed by atoms with E-state index in [0.717, 1.165) is 40.9 Å². The molecule has 0 atom stereocenters. The molecule has 1 aromatic heterocycles. The van der Waals surface area contributed by atoms with Crippen LogP contribution < -0.4 is 5.32 Å². The third-order valence-corrected chi connectivity index (χ3v) is 5.45. The number of halogens is 1. The van der Waals surface area contributed by atoms with Crippen LogP contribution in [0, 0.1) is 5.82 Å². The van der Waals surface area contributed by atoms with Crippen LogP contribution in [0.1, 0.15) is 16.8 Å². The highest BCUT2D eigenvalue weighted by Crippen LogP contribution is 2.35. The Bertz CT molecular complexity index is 1250. The molecular formula is C26H20FN3O. The van der Waals surface area contributed by atoms with E-state index in [4.69, 9.17) is 9.97 Å². The number of carbonyl (C=O) groups excluding carboxylic acids is 1. The minimum Gasteiger partial charge on any atom is -0.309 e. The van der Waals surface area contributed by atoms with Gasteiger partial charge in [0.25, 0.3) is 0 Å². The molecule has 1 N–H and O–H groups in total. The van der Waals surface area contributed by atoms with Gasteiger partial charge in [0, 0.05) is 11.1 Å². The highest BCUT2D eigenvalue weighted by Gasteiger charge is 2.22. The summed E-state index contributed by atoms with van der Waals surface area (Å²) in [6.45, 7) is 0. The number of amides is 1. The van der Waals surface area contributed by atoms with E-state index in [1.165, 1.54) is 17.7 Å².